The maximum atomic E-state index is 6.32. The predicted molar refractivity (Wildman–Crippen MR) is 122 cm³/mol. The Bertz CT molecular complexity index is 788. The van der Waals surface area contributed by atoms with Gasteiger partial charge in [0.2, 0.25) is 0 Å². The molecule has 28 heavy (non-hydrogen) atoms. The topological polar surface area (TPSA) is 45.4 Å². The number of aromatic nitrogens is 1. The van der Waals surface area contributed by atoms with Gasteiger partial charge in [-0.1, -0.05) is 17.7 Å². The average Bonchev–Trinajstić information content (AvgIpc) is 2.85. The van der Waals surface area contributed by atoms with Crippen molar-refractivity contribution in [1.82, 2.24) is 14.8 Å². The fraction of sp³-hybridized carbons (Fsp3) is 0.476. The maximum Gasteiger partial charge on any atom is 0.0782 e. The van der Waals surface area contributed by atoms with Crippen LogP contribution in [0.15, 0.2) is 34.9 Å². The van der Waals surface area contributed by atoms with Crippen LogP contribution >= 0.6 is 40.2 Å². The maximum absolute atomic E-state index is 6.32. The molecular formula is C21H26BrClN4S. The largest absolute Gasteiger partial charge is 0.326 e. The van der Waals surface area contributed by atoms with Crippen molar-refractivity contribution in [3.8, 4) is 0 Å². The molecule has 2 N–H and O–H groups in total. The SMILES string of the molecule is N[C@@H](CS)CN1CCN(C2c3ccc(Cl)cc3CCc3cc(Br)cnc32)CC1. The number of benzene rings is 1. The number of hydrogen-bond acceptors (Lipinski definition) is 5. The van der Waals surface area contributed by atoms with Crippen LogP contribution in [0.5, 0.6) is 0 Å². The van der Waals surface area contributed by atoms with E-state index in [4.69, 9.17) is 22.3 Å². The van der Waals surface area contributed by atoms with Crippen LogP contribution < -0.4 is 5.73 Å². The Labute approximate surface area is 186 Å². The van der Waals surface area contributed by atoms with Crippen molar-refractivity contribution in [3.63, 3.8) is 0 Å². The lowest BCUT2D eigenvalue weighted by Gasteiger charge is -2.40. The highest BCUT2D eigenvalue weighted by Crippen LogP contribution is 2.37. The molecule has 1 aromatic heterocycles. The number of nitrogens with two attached hydrogens (primary N) is 1. The molecule has 4 nitrogen and oxygen atoms in total. The fourth-order valence-corrected chi connectivity index (χ4v) is 5.06. The second kappa shape index (κ2) is 9.02. The normalized spacial score (nSPS) is 21.6. The van der Waals surface area contributed by atoms with Gasteiger partial charge < -0.3 is 5.73 Å². The lowest BCUT2D eigenvalue weighted by molar-refractivity contribution is 0.105. The van der Waals surface area contributed by atoms with E-state index >= 15 is 0 Å². The highest BCUT2D eigenvalue weighted by molar-refractivity contribution is 9.10. The summed E-state index contributed by atoms with van der Waals surface area (Å²) in [5, 5.41) is 0.808. The minimum Gasteiger partial charge on any atom is -0.326 e. The molecule has 150 valence electrons. The molecule has 2 heterocycles. The minimum atomic E-state index is 0.135. The van der Waals surface area contributed by atoms with E-state index in [1.807, 2.05) is 12.3 Å². The Kier molecular flexibility index (Phi) is 6.65. The predicted octanol–water partition coefficient (Wildman–Crippen LogP) is 3.56. The van der Waals surface area contributed by atoms with Crippen LogP contribution in [-0.4, -0.2) is 59.3 Å². The van der Waals surface area contributed by atoms with Gasteiger partial charge in [0.05, 0.1) is 11.7 Å². The highest BCUT2D eigenvalue weighted by Gasteiger charge is 2.32. The zero-order valence-electron chi connectivity index (χ0n) is 15.8. The summed E-state index contributed by atoms with van der Waals surface area (Å²) in [6.45, 7) is 4.96. The van der Waals surface area contributed by atoms with E-state index in [2.05, 4.69) is 56.6 Å². The van der Waals surface area contributed by atoms with Crippen molar-refractivity contribution in [2.75, 3.05) is 38.5 Å². The molecule has 0 saturated carbocycles. The first kappa shape index (κ1) is 20.6. The number of halogens is 2. The number of rotatable bonds is 4. The summed E-state index contributed by atoms with van der Waals surface area (Å²) >= 11 is 14.2. The van der Waals surface area contributed by atoms with Gasteiger partial charge in [0.1, 0.15) is 0 Å². The molecule has 0 bridgehead atoms. The molecule has 4 rings (SSSR count). The van der Waals surface area contributed by atoms with Gasteiger partial charge in [-0.2, -0.15) is 12.6 Å². The van der Waals surface area contributed by atoms with Crippen LogP contribution in [0.2, 0.25) is 5.02 Å². The third kappa shape index (κ3) is 4.42. The summed E-state index contributed by atoms with van der Waals surface area (Å²) in [5.74, 6) is 0.725. The quantitative estimate of drug-likeness (QED) is 0.656. The van der Waals surface area contributed by atoms with Crippen molar-refractivity contribution >= 4 is 40.2 Å². The number of thiol groups is 1. The zero-order valence-corrected chi connectivity index (χ0v) is 19.1. The van der Waals surface area contributed by atoms with Gasteiger partial charge in [0.15, 0.2) is 0 Å². The Morgan fingerprint density at radius 1 is 1.18 bits per heavy atom. The standard InChI is InChI=1S/C21H26BrClN4S/c22-16-9-15-2-1-14-10-17(23)3-4-19(14)21(20(15)25-11-16)27-7-5-26(6-8-27)12-18(24)13-28/h3-4,9-11,18,21,28H,1-2,5-8,12-13,24H2/t18-,21?/m1/s1. The van der Waals surface area contributed by atoms with Crippen LogP contribution in [0.25, 0.3) is 0 Å². The molecule has 2 atom stereocenters. The van der Waals surface area contributed by atoms with Crippen LogP contribution in [0.4, 0.5) is 0 Å². The molecule has 1 aliphatic carbocycles. The van der Waals surface area contributed by atoms with E-state index in [-0.39, 0.29) is 12.1 Å². The second-order valence-corrected chi connectivity index (χ2v) is 9.44. The van der Waals surface area contributed by atoms with E-state index in [0.717, 1.165) is 60.8 Å². The monoisotopic (exact) mass is 480 g/mol. The van der Waals surface area contributed by atoms with Crippen LogP contribution in [0.3, 0.4) is 0 Å². The molecule has 0 radical (unpaired) electrons. The number of nitrogens with zero attached hydrogens (tertiary/aromatic N) is 3. The van der Waals surface area contributed by atoms with Crippen molar-refractivity contribution in [1.29, 1.82) is 0 Å². The second-order valence-electron chi connectivity index (χ2n) is 7.72. The highest BCUT2D eigenvalue weighted by atomic mass is 79.9. The molecule has 1 aliphatic heterocycles. The molecule has 1 saturated heterocycles. The van der Waals surface area contributed by atoms with E-state index in [1.165, 1.54) is 22.4 Å². The smallest absolute Gasteiger partial charge is 0.0782 e. The van der Waals surface area contributed by atoms with Gasteiger partial charge in [-0.05, 0) is 63.7 Å². The van der Waals surface area contributed by atoms with Gasteiger partial charge in [0, 0.05) is 60.2 Å². The number of fused-ring (bicyclic) bond motifs is 2. The molecule has 2 aromatic rings. The molecular weight excluding hydrogens is 456 g/mol. The Balaban J connectivity index is 1.64. The summed E-state index contributed by atoms with van der Waals surface area (Å²) in [5.41, 5.74) is 11.3. The van der Waals surface area contributed by atoms with Gasteiger partial charge in [0.25, 0.3) is 0 Å². The molecule has 1 aromatic carbocycles. The summed E-state index contributed by atoms with van der Waals surface area (Å²) in [4.78, 5) is 9.89. The number of hydrogen-bond donors (Lipinski definition) is 2. The minimum absolute atomic E-state index is 0.135. The Morgan fingerprint density at radius 2 is 1.93 bits per heavy atom. The molecule has 1 fully saturated rings. The van der Waals surface area contributed by atoms with Crippen LogP contribution in [-0.2, 0) is 12.8 Å². The van der Waals surface area contributed by atoms with Crippen molar-refractivity contribution in [3.05, 3.63) is 62.3 Å². The number of piperazine rings is 1. The molecule has 2 aliphatic rings. The van der Waals surface area contributed by atoms with E-state index < -0.39 is 0 Å². The molecule has 0 amide bonds. The van der Waals surface area contributed by atoms with E-state index in [9.17, 15) is 0 Å². The van der Waals surface area contributed by atoms with Gasteiger partial charge in [-0.15, -0.1) is 0 Å². The Hall–Kier alpha value is -0.630. The van der Waals surface area contributed by atoms with Crippen molar-refractivity contribution in [2.24, 2.45) is 5.73 Å². The van der Waals surface area contributed by atoms with E-state index in [0.29, 0.717) is 0 Å². The Morgan fingerprint density at radius 3 is 2.68 bits per heavy atom. The van der Waals surface area contributed by atoms with Gasteiger partial charge in [-0.3, -0.25) is 14.8 Å². The van der Waals surface area contributed by atoms with Gasteiger partial charge in [-0.25, -0.2) is 0 Å². The summed E-state index contributed by atoms with van der Waals surface area (Å²) in [6, 6.07) is 8.88. The van der Waals surface area contributed by atoms with Crippen LogP contribution in [0, 0.1) is 0 Å². The third-order valence-electron chi connectivity index (χ3n) is 5.79. The van der Waals surface area contributed by atoms with Crippen molar-refractivity contribution in [2.45, 2.75) is 24.9 Å². The fourth-order valence-electron chi connectivity index (χ4n) is 4.38. The van der Waals surface area contributed by atoms with Gasteiger partial charge >= 0.3 is 0 Å². The summed E-state index contributed by atoms with van der Waals surface area (Å²) < 4.78 is 1.04. The zero-order chi connectivity index (χ0) is 19.7. The number of aryl methyl sites for hydroxylation is 2. The lowest BCUT2D eigenvalue weighted by Crippen LogP contribution is -2.51. The molecule has 7 heteroatoms. The third-order valence-corrected chi connectivity index (χ3v) is 6.93. The first-order valence-corrected chi connectivity index (χ1v) is 11.6. The first-order chi connectivity index (χ1) is 13.5. The average molecular weight is 482 g/mol. The van der Waals surface area contributed by atoms with Crippen LogP contribution in [0.1, 0.15) is 28.4 Å². The van der Waals surface area contributed by atoms with E-state index in [1.54, 1.807) is 0 Å². The lowest BCUT2D eigenvalue weighted by atomic mass is 9.96. The van der Waals surface area contributed by atoms with Crippen molar-refractivity contribution < 1.29 is 0 Å². The summed E-state index contributed by atoms with van der Waals surface area (Å²) in [7, 11) is 0. The first-order valence-electron chi connectivity index (χ1n) is 9.80. The number of pyridine rings is 1. The molecule has 1 unspecified atom stereocenters. The molecule has 0 spiro atoms. The summed E-state index contributed by atoms with van der Waals surface area (Å²) in [6.07, 6.45) is 3.91.